The predicted molar refractivity (Wildman–Crippen MR) is 123 cm³/mol. The molecule has 0 radical (unpaired) electrons. The van der Waals surface area contributed by atoms with E-state index in [0.717, 1.165) is 11.1 Å². The summed E-state index contributed by atoms with van der Waals surface area (Å²) in [6.45, 7) is 13.1. The molecule has 0 bridgehead atoms. The molecule has 3 rings (SSSR count). The molecule has 29 heavy (non-hydrogen) atoms. The summed E-state index contributed by atoms with van der Waals surface area (Å²) in [5, 5.41) is 4.57. The maximum absolute atomic E-state index is 12.3. The summed E-state index contributed by atoms with van der Waals surface area (Å²) in [6, 6.07) is 11.7. The fraction of sp³-hybridized carbons (Fsp3) is 0.333. The molecule has 152 valence electrons. The second-order valence-corrected chi connectivity index (χ2v) is 8.76. The van der Waals surface area contributed by atoms with E-state index < -0.39 is 0 Å². The zero-order valence-corrected chi connectivity index (χ0v) is 18.6. The summed E-state index contributed by atoms with van der Waals surface area (Å²) in [5.74, 6) is -0.328. The topological polar surface area (TPSA) is 44.7 Å². The van der Waals surface area contributed by atoms with Crippen molar-refractivity contribution >= 4 is 35.0 Å². The number of allylic oxidation sites excluding steroid dienone is 1. The Hall–Kier alpha value is -2.59. The smallest absolute Gasteiger partial charge is 0.272 e. The number of fused-ring (bicyclic) bond motifs is 1. The molecule has 0 fully saturated rings. The molecule has 0 saturated heterocycles. The van der Waals surface area contributed by atoms with Crippen molar-refractivity contribution in [1.29, 1.82) is 0 Å². The molecule has 1 amide bonds. The largest absolute Gasteiger partial charge is 0.360 e. The van der Waals surface area contributed by atoms with Crippen molar-refractivity contribution in [3.8, 4) is 0 Å². The van der Waals surface area contributed by atoms with Crippen LogP contribution >= 0.6 is 11.6 Å². The summed E-state index contributed by atoms with van der Waals surface area (Å²) in [7, 11) is 0. The van der Waals surface area contributed by atoms with Crippen molar-refractivity contribution in [2.75, 3.05) is 4.90 Å². The number of nitrogens with zero attached hydrogens (tertiary/aromatic N) is 2. The van der Waals surface area contributed by atoms with Gasteiger partial charge in [0, 0.05) is 17.3 Å². The lowest BCUT2D eigenvalue weighted by Gasteiger charge is -2.46. The SMILES string of the molecule is CC1=CC(C)(C)N(C(C)C)c2cc(C)c(/C=N/NC(=O)c3ccccc3Cl)cc21. The van der Waals surface area contributed by atoms with Gasteiger partial charge in [-0.3, -0.25) is 4.79 Å². The van der Waals surface area contributed by atoms with E-state index in [1.165, 1.54) is 16.8 Å². The van der Waals surface area contributed by atoms with Gasteiger partial charge in [-0.15, -0.1) is 0 Å². The van der Waals surface area contributed by atoms with Crippen LogP contribution in [0.3, 0.4) is 0 Å². The van der Waals surface area contributed by atoms with Crippen molar-refractivity contribution < 1.29 is 4.79 Å². The van der Waals surface area contributed by atoms with Crippen LogP contribution < -0.4 is 10.3 Å². The van der Waals surface area contributed by atoms with Gasteiger partial charge in [0.25, 0.3) is 5.91 Å². The van der Waals surface area contributed by atoms with Gasteiger partial charge in [-0.05, 0) is 82.5 Å². The van der Waals surface area contributed by atoms with E-state index in [4.69, 9.17) is 11.6 Å². The molecule has 0 saturated carbocycles. The first-order valence-electron chi connectivity index (χ1n) is 9.83. The van der Waals surface area contributed by atoms with Gasteiger partial charge in [0.1, 0.15) is 0 Å². The first-order chi connectivity index (χ1) is 13.6. The van der Waals surface area contributed by atoms with E-state index in [1.807, 2.05) is 0 Å². The first kappa shape index (κ1) is 21.1. The standard InChI is InChI=1S/C24H28ClN3O/c1-15(2)28-22-11-16(3)18(12-20(22)17(4)13-24(28,5)6)14-26-27-23(29)19-9-7-8-10-21(19)25/h7-15H,1-6H3,(H,27,29)/b26-14+. The van der Waals surface area contributed by atoms with Crippen LogP contribution in [0.1, 0.15) is 61.7 Å². The van der Waals surface area contributed by atoms with Gasteiger partial charge in [-0.1, -0.05) is 29.8 Å². The first-order valence-corrected chi connectivity index (χ1v) is 10.2. The zero-order valence-electron chi connectivity index (χ0n) is 17.9. The molecule has 4 nitrogen and oxygen atoms in total. The molecule has 0 atom stereocenters. The quantitative estimate of drug-likeness (QED) is 0.510. The third kappa shape index (κ3) is 4.23. The average molecular weight is 410 g/mol. The van der Waals surface area contributed by atoms with Crippen molar-refractivity contribution in [1.82, 2.24) is 5.43 Å². The number of nitrogens with one attached hydrogen (secondary N) is 1. The van der Waals surface area contributed by atoms with Gasteiger partial charge in [-0.2, -0.15) is 5.10 Å². The summed E-state index contributed by atoms with van der Waals surface area (Å²) in [6.07, 6.45) is 4.00. The van der Waals surface area contributed by atoms with Crippen LogP contribution in [0.25, 0.3) is 5.57 Å². The van der Waals surface area contributed by atoms with Gasteiger partial charge in [-0.25, -0.2) is 5.43 Å². The van der Waals surface area contributed by atoms with Crippen LogP contribution in [0.5, 0.6) is 0 Å². The molecule has 0 unspecified atom stereocenters. The normalized spacial score (nSPS) is 15.4. The molecule has 1 aliphatic heterocycles. The number of hydrogen-bond acceptors (Lipinski definition) is 3. The molecule has 0 aliphatic carbocycles. The van der Waals surface area contributed by atoms with E-state index in [0.29, 0.717) is 16.6 Å². The minimum absolute atomic E-state index is 0.0454. The molecular formula is C24H28ClN3O. The minimum Gasteiger partial charge on any atom is -0.360 e. The number of aryl methyl sites for hydroxylation is 1. The Bertz CT molecular complexity index is 1010. The highest BCUT2D eigenvalue weighted by molar-refractivity contribution is 6.33. The lowest BCUT2D eigenvalue weighted by atomic mass is 9.86. The van der Waals surface area contributed by atoms with Crippen LogP contribution in [-0.4, -0.2) is 23.7 Å². The molecule has 0 aromatic heterocycles. The van der Waals surface area contributed by atoms with Gasteiger partial charge in [0.15, 0.2) is 0 Å². The van der Waals surface area contributed by atoms with E-state index in [-0.39, 0.29) is 11.4 Å². The Balaban J connectivity index is 1.89. The van der Waals surface area contributed by atoms with Gasteiger partial charge >= 0.3 is 0 Å². The third-order valence-corrected chi connectivity index (χ3v) is 5.59. The fourth-order valence-corrected chi connectivity index (χ4v) is 4.38. The van der Waals surface area contributed by atoms with Crippen LogP contribution in [0.15, 0.2) is 47.6 Å². The molecule has 1 N–H and O–H groups in total. The maximum Gasteiger partial charge on any atom is 0.272 e. The van der Waals surface area contributed by atoms with E-state index in [2.05, 4.69) is 75.2 Å². The van der Waals surface area contributed by atoms with E-state index in [9.17, 15) is 4.79 Å². The van der Waals surface area contributed by atoms with Crippen molar-refractivity contribution in [3.63, 3.8) is 0 Å². The lowest BCUT2D eigenvalue weighted by Crippen LogP contribution is -2.49. The highest BCUT2D eigenvalue weighted by atomic mass is 35.5. The molecular weight excluding hydrogens is 382 g/mol. The number of benzene rings is 2. The molecule has 1 aliphatic rings. The average Bonchev–Trinajstić information content (AvgIpc) is 2.61. The molecule has 1 heterocycles. The zero-order chi connectivity index (χ0) is 21.3. The maximum atomic E-state index is 12.3. The summed E-state index contributed by atoms with van der Waals surface area (Å²) in [5.41, 5.74) is 8.69. The third-order valence-electron chi connectivity index (χ3n) is 5.26. The number of anilines is 1. The Morgan fingerprint density at radius 3 is 2.55 bits per heavy atom. The fourth-order valence-electron chi connectivity index (χ4n) is 4.16. The number of rotatable bonds is 4. The summed E-state index contributed by atoms with van der Waals surface area (Å²) < 4.78 is 0. The van der Waals surface area contributed by atoms with Crippen molar-refractivity contribution in [2.45, 2.75) is 53.1 Å². The monoisotopic (exact) mass is 409 g/mol. The number of hydrazone groups is 1. The van der Waals surface area contributed by atoms with Gasteiger partial charge in [0.05, 0.1) is 22.3 Å². The van der Waals surface area contributed by atoms with Gasteiger partial charge in [0.2, 0.25) is 0 Å². The number of hydrogen-bond donors (Lipinski definition) is 1. The van der Waals surface area contributed by atoms with Crippen molar-refractivity contribution in [3.05, 3.63) is 69.8 Å². The highest BCUT2D eigenvalue weighted by Gasteiger charge is 2.33. The molecule has 0 spiro atoms. The van der Waals surface area contributed by atoms with Crippen LogP contribution in [0, 0.1) is 6.92 Å². The van der Waals surface area contributed by atoms with Crippen LogP contribution in [-0.2, 0) is 0 Å². The number of carbonyl (C=O) groups is 1. The number of amides is 1. The molecule has 2 aromatic rings. The van der Waals surface area contributed by atoms with Crippen LogP contribution in [0.2, 0.25) is 5.02 Å². The van der Waals surface area contributed by atoms with Crippen LogP contribution in [0.4, 0.5) is 5.69 Å². The Kier molecular flexibility index (Phi) is 5.85. The predicted octanol–water partition coefficient (Wildman–Crippen LogP) is 5.82. The summed E-state index contributed by atoms with van der Waals surface area (Å²) in [4.78, 5) is 14.7. The molecule has 5 heteroatoms. The number of carbonyl (C=O) groups excluding carboxylic acids is 1. The Morgan fingerprint density at radius 2 is 1.90 bits per heavy atom. The second kappa shape index (κ2) is 8.03. The molecule has 2 aromatic carbocycles. The number of halogens is 1. The van der Waals surface area contributed by atoms with Gasteiger partial charge < -0.3 is 4.90 Å². The Labute approximate surface area is 178 Å². The lowest BCUT2D eigenvalue weighted by molar-refractivity contribution is 0.0955. The highest BCUT2D eigenvalue weighted by Crippen LogP contribution is 2.41. The van der Waals surface area contributed by atoms with E-state index >= 15 is 0 Å². The second-order valence-electron chi connectivity index (χ2n) is 8.35. The summed E-state index contributed by atoms with van der Waals surface area (Å²) >= 11 is 6.07. The van der Waals surface area contributed by atoms with E-state index in [1.54, 1.807) is 30.5 Å². The van der Waals surface area contributed by atoms with Crippen molar-refractivity contribution in [2.24, 2.45) is 5.10 Å². The Morgan fingerprint density at radius 1 is 1.21 bits per heavy atom. The minimum atomic E-state index is -0.328.